The molecule has 1 unspecified atom stereocenters. The van der Waals surface area contributed by atoms with E-state index in [1.54, 1.807) is 14.2 Å². The second kappa shape index (κ2) is 5.25. The maximum atomic E-state index is 11.9. The third kappa shape index (κ3) is 2.40. The van der Waals surface area contributed by atoms with Gasteiger partial charge in [-0.2, -0.15) is 0 Å². The summed E-state index contributed by atoms with van der Waals surface area (Å²) in [6.45, 7) is 0. The summed E-state index contributed by atoms with van der Waals surface area (Å²) in [5.74, 6) is 1.77. The van der Waals surface area contributed by atoms with Crippen LogP contribution in [0.25, 0.3) is 0 Å². The van der Waals surface area contributed by atoms with E-state index in [0.717, 1.165) is 10.4 Å². The zero-order valence-corrected chi connectivity index (χ0v) is 12.5. The molecule has 0 aliphatic carbocycles. The van der Waals surface area contributed by atoms with Crippen molar-refractivity contribution in [2.45, 2.75) is 12.3 Å². The standard InChI is InChI=1S/C14H15N3O3S/c1-19-7-3-4-8(10(5-7)20-2)9-6-11(18)16-13-12(9)21-14(15)17-13/h3-5,9H,6H2,1-2H3,(H2,15,17)(H,16,18). The van der Waals surface area contributed by atoms with Gasteiger partial charge in [-0.1, -0.05) is 17.4 Å². The van der Waals surface area contributed by atoms with E-state index in [9.17, 15) is 4.79 Å². The van der Waals surface area contributed by atoms with Crippen LogP contribution in [0.5, 0.6) is 11.5 Å². The normalized spacial score (nSPS) is 17.0. The highest BCUT2D eigenvalue weighted by Crippen LogP contribution is 2.44. The van der Waals surface area contributed by atoms with Gasteiger partial charge in [0.15, 0.2) is 5.13 Å². The van der Waals surface area contributed by atoms with E-state index < -0.39 is 0 Å². The Morgan fingerprint density at radius 3 is 2.90 bits per heavy atom. The van der Waals surface area contributed by atoms with Crippen molar-refractivity contribution in [1.29, 1.82) is 0 Å². The quantitative estimate of drug-likeness (QED) is 0.908. The summed E-state index contributed by atoms with van der Waals surface area (Å²) in [6, 6.07) is 5.58. The molecular weight excluding hydrogens is 290 g/mol. The van der Waals surface area contributed by atoms with Crippen LogP contribution < -0.4 is 20.5 Å². The van der Waals surface area contributed by atoms with E-state index in [4.69, 9.17) is 15.2 Å². The molecule has 0 spiro atoms. The fraction of sp³-hybridized carbons (Fsp3) is 0.286. The van der Waals surface area contributed by atoms with E-state index in [1.165, 1.54) is 11.3 Å². The molecule has 3 N–H and O–H groups in total. The Balaban J connectivity index is 2.10. The fourth-order valence-corrected chi connectivity index (χ4v) is 3.40. The number of nitrogens with zero attached hydrogens (tertiary/aromatic N) is 1. The number of nitrogen functional groups attached to an aromatic ring is 1. The van der Waals surface area contributed by atoms with Crippen LogP contribution in [0.1, 0.15) is 22.8 Å². The minimum atomic E-state index is -0.107. The van der Waals surface area contributed by atoms with E-state index in [0.29, 0.717) is 28.9 Å². The van der Waals surface area contributed by atoms with E-state index >= 15 is 0 Å². The second-order valence-electron chi connectivity index (χ2n) is 4.68. The first-order valence-electron chi connectivity index (χ1n) is 6.40. The SMILES string of the molecule is COc1ccc(C2CC(=O)Nc3nc(N)sc32)c(OC)c1. The lowest BCUT2D eigenvalue weighted by Gasteiger charge is -2.23. The van der Waals surface area contributed by atoms with Gasteiger partial charge in [0, 0.05) is 24.0 Å². The second-order valence-corrected chi connectivity index (χ2v) is 5.74. The first-order valence-corrected chi connectivity index (χ1v) is 7.22. The molecule has 0 saturated carbocycles. The number of ether oxygens (including phenoxy) is 2. The molecule has 1 aromatic heterocycles. The number of carbonyl (C=O) groups is 1. The maximum absolute atomic E-state index is 11.9. The van der Waals surface area contributed by atoms with Crippen molar-refractivity contribution in [3.05, 3.63) is 28.6 Å². The number of amides is 1. The summed E-state index contributed by atoms with van der Waals surface area (Å²) < 4.78 is 10.6. The number of nitrogens with one attached hydrogen (secondary N) is 1. The summed E-state index contributed by atoms with van der Waals surface area (Å²) in [6.07, 6.45) is 0.345. The monoisotopic (exact) mass is 305 g/mol. The van der Waals surface area contributed by atoms with Gasteiger partial charge in [0.1, 0.15) is 17.3 Å². The van der Waals surface area contributed by atoms with Crippen LogP contribution in [0, 0.1) is 0 Å². The van der Waals surface area contributed by atoms with Gasteiger partial charge < -0.3 is 20.5 Å². The molecule has 1 aliphatic heterocycles. The lowest BCUT2D eigenvalue weighted by molar-refractivity contribution is -0.116. The number of fused-ring (bicyclic) bond motifs is 1. The first-order chi connectivity index (χ1) is 10.1. The van der Waals surface area contributed by atoms with Crippen molar-refractivity contribution in [2.24, 2.45) is 0 Å². The van der Waals surface area contributed by atoms with Crippen LogP contribution in [0.3, 0.4) is 0 Å². The van der Waals surface area contributed by atoms with Crippen LogP contribution in [0.15, 0.2) is 18.2 Å². The highest BCUT2D eigenvalue weighted by Gasteiger charge is 2.31. The van der Waals surface area contributed by atoms with Gasteiger partial charge in [-0.15, -0.1) is 0 Å². The molecule has 1 atom stereocenters. The van der Waals surface area contributed by atoms with E-state index in [1.807, 2.05) is 18.2 Å². The predicted molar refractivity (Wildman–Crippen MR) is 81.2 cm³/mol. The molecule has 110 valence electrons. The zero-order chi connectivity index (χ0) is 15.0. The third-order valence-electron chi connectivity index (χ3n) is 3.45. The van der Waals surface area contributed by atoms with Gasteiger partial charge in [0.25, 0.3) is 0 Å². The van der Waals surface area contributed by atoms with Crippen LogP contribution in [0.4, 0.5) is 10.9 Å². The molecule has 6 nitrogen and oxygen atoms in total. The smallest absolute Gasteiger partial charge is 0.226 e. The van der Waals surface area contributed by atoms with Gasteiger partial charge in [0.2, 0.25) is 5.91 Å². The molecule has 1 aliphatic rings. The number of anilines is 2. The Morgan fingerprint density at radius 1 is 1.38 bits per heavy atom. The Kier molecular flexibility index (Phi) is 3.42. The number of aromatic nitrogens is 1. The minimum absolute atomic E-state index is 0.0735. The highest BCUT2D eigenvalue weighted by atomic mass is 32.1. The van der Waals surface area contributed by atoms with Crippen molar-refractivity contribution in [3.8, 4) is 11.5 Å². The number of methoxy groups -OCH3 is 2. The van der Waals surface area contributed by atoms with Crippen molar-refractivity contribution in [3.63, 3.8) is 0 Å². The molecule has 1 aromatic carbocycles. The molecule has 3 rings (SSSR count). The fourth-order valence-electron chi connectivity index (χ4n) is 2.49. The zero-order valence-electron chi connectivity index (χ0n) is 11.7. The van der Waals surface area contributed by atoms with Gasteiger partial charge in [0.05, 0.1) is 19.1 Å². The molecule has 21 heavy (non-hydrogen) atoms. The van der Waals surface area contributed by atoms with E-state index in [-0.39, 0.29) is 11.8 Å². The Labute approximate surface area is 125 Å². The van der Waals surface area contributed by atoms with Crippen molar-refractivity contribution in [2.75, 3.05) is 25.3 Å². The molecule has 0 fully saturated rings. The Bertz CT molecular complexity index is 699. The molecule has 7 heteroatoms. The molecule has 2 heterocycles. The highest BCUT2D eigenvalue weighted by molar-refractivity contribution is 7.16. The summed E-state index contributed by atoms with van der Waals surface area (Å²) in [7, 11) is 3.20. The first kappa shape index (κ1) is 13.7. The van der Waals surface area contributed by atoms with Crippen molar-refractivity contribution < 1.29 is 14.3 Å². The summed E-state index contributed by atoms with van der Waals surface area (Å²) >= 11 is 1.39. The number of thiazole rings is 1. The average molecular weight is 305 g/mol. The third-order valence-corrected chi connectivity index (χ3v) is 4.45. The van der Waals surface area contributed by atoms with E-state index in [2.05, 4.69) is 10.3 Å². The number of nitrogens with two attached hydrogens (primary N) is 1. The van der Waals surface area contributed by atoms with Crippen molar-refractivity contribution in [1.82, 2.24) is 4.98 Å². The lowest BCUT2D eigenvalue weighted by atomic mass is 9.90. The van der Waals surface area contributed by atoms with Crippen molar-refractivity contribution >= 4 is 28.2 Å². The van der Waals surface area contributed by atoms with Crippen LogP contribution >= 0.6 is 11.3 Å². The van der Waals surface area contributed by atoms with Crippen LogP contribution in [0.2, 0.25) is 0 Å². The minimum Gasteiger partial charge on any atom is -0.497 e. The Hall–Kier alpha value is -2.28. The summed E-state index contributed by atoms with van der Waals surface area (Å²) in [5, 5.41) is 3.20. The molecular formula is C14H15N3O3S. The van der Waals surface area contributed by atoms with Crippen LogP contribution in [-0.2, 0) is 4.79 Å². The molecule has 2 aromatic rings. The van der Waals surface area contributed by atoms with Crippen LogP contribution in [-0.4, -0.2) is 25.1 Å². The van der Waals surface area contributed by atoms with Gasteiger partial charge in [-0.05, 0) is 6.07 Å². The predicted octanol–water partition coefficient (Wildman–Crippen LogP) is 2.22. The molecule has 0 bridgehead atoms. The maximum Gasteiger partial charge on any atom is 0.226 e. The van der Waals surface area contributed by atoms with Gasteiger partial charge >= 0.3 is 0 Å². The lowest BCUT2D eigenvalue weighted by Crippen LogP contribution is -2.22. The molecule has 0 saturated heterocycles. The van der Waals surface area contributed by atoms with Gasteiger partial charge in [-0.25, -0.2) is 4.98 Å². The number of benzene rings is 1. The average Bonchev–Trinajstić information content (AvgIpc) is 2.85. The number of carbonyl (C=O) groups excluding carboxylic acids is 1. The Morgan fingerprint density at radius 2 is 2.19 bits per heavy atom. The summed E-state index contributed by atoms with van der Waals surface area (Å²) in [4.78, 5) is 17.0. The number of hydrogen-bond donors (Lipinski definition) is 2. The molecule has 0 radical (unpaired) electrons. The molecule has 1 amide bonds. The van der Waals surface area contributed by atoms with Gasteiger partial charge in [-0.3, -0.25) is 4.79 Å². The number of hydrogen-bond acceptors (Lipinski definition) is 6. The largest absolute Gasteiger partial charge is 0.497 e. The number of rotatable bonds is 3. The topological polar surface area (TPSA) is 86.5 Å². The summed E-state index contributed by atoms with van der Waals surface area (Å²) in [5.41, 5.74) is 6.69.